The van der Waals surface area contributed by atoms with E-state index in [1.54, 1.807) is 0 Å². The molecular weight excluding hydrogens is 254 g/mol. The van der Waals surface area contributed by atoms with Gasteiger partial charge >= 0.3 is 0 Å². The van der Waals surface area contributed by atoms with Crippen LogP contribution in [0.1, 0.15) is 84.5 Å². The number of hydrogen-bond acceptors (Lipinski definition) is 3. The first-order valence-corrected chi connectivity index (χ1v) is 8.84. The second-order valence-electron chi connectivity index (χ2n) is 5.61. The highest BCUT2D eigenvalue weighted by atomic mass is 32.2. The third-order valence-corrected chi connectivity index (χ3v) is 4.87. The predicted octanol–water partition coefficient (Wildman–Crippen LogP) is 5.36. The highest BCUT2D eigenvalue weighted by molar-refractivity contribution is 8.00. The maximum Gasteiger partial charge on any atom is 0.192 e. The zero-order chi connectivity index (χ0) is 13.9. The number of ketones is 1. The van der Waals surface area contributed by atoms with E-state index in [1.165, 1.54) is 76.2 Å². The highest BCUT2D eigenvalue weighted by Crippen LogP contribution is 2.26. The van der Waals surface area contributed by atoms with Crippen molar-refractivity contribution >= 4 is 23.4 Å². The molecule has 0 saturated carbocycles. The molecule has 1 rings (SSSR count). The van der Waals surface area contributed by atoms with E-state index in [0.29, 0.717) is 5.71 Å². The molecule has 0 aliphatic carbocycles. The van der Waals surface area contributed by atoms with E-state index in [2.05, 4.69) is 11.3 Å². The van der Waals surface area contributed by atoms with E-state index in [-0.39, 0.29) is 11.0 Å². The van der Waals surface area contributed by atoms with Crippen molar-refractivity contribution in [1.82, 2.24) is 0 Å². The van der Waals surface area contributed by atoms with Gasteiger partial charge in [-0.2, -0.15) is 0 Å². The lowest BCUT2D eigenvalue weighted by Crippen LogP contribution is -2.18. The molecule has 0 N–H and O–H groups in total. The van der Waals surface area contributed by atoms with Crippen LogP contribution in [0, 0.1) is 0 Å². The monoisotopic (exact) mass is 283 g/mol. The first-order valence-electron chi connectivity index (χ1n) is 8.00. The minimum absolute atomic E-state index is 0.133. The Morgan fingerprint density at radius 2 is 1.47 bits per heavy atom. The van der Waals surface area contributed by atoms with Crippen molar-refractivity contribution < 1.29 is 4.79 Å². The molecule has 2 nitrogen and oxygen atoms in total. The Kier molecular flexibility index (Phi) is 9.23. The molecule has 0 amide bonds. The van der Waals surface area contributed by atoms with Crippen molar-refractivity contribution in [3.63, 3.8) is 0 Å². The molecule has 0 aromatic rings. The Morgan fingerprint density at radius 3 is 1.95 bits per heavy atom. The summed E-state index contributed by atoms with van der Waals surface area (Å²) in [6.45, 7) is 4.09. The number of carbonyl (C=O) groups excluding carboxylic acids is 1. The summed E-state index contributed by atoms with van der Waals surface area (Å²) in [4.78, 5) is 11.6. The van der Waals surface area contributed by atoms with Gasteiger partial charge in [-0.05, 0) is 25.3 Å². The van der Waals surface area contributed by atoms with Crippen LogP contribution in [0.25, 0.3) is 0 Å². The fourth-order valence-electron chi connectivity index (χ4n) is 2.47. The number of hydrogen-bond donors (Lipinski definition) is 0. The molecule has 0 spiro atoms. The normalized spacial score (nSPS) is 18.9. The van der Waals surface area contributed by atoms with Crippen LogP contribution in [0.15, 0.2) is 4.40 Å². The van der Waals surface area contributed by atoms with Crippen LogP contribution in [-0.4, -0.2) is 16.7 Å². The molecular formula is C16H29NOS. The van der Waals surface area contributed by atoms with Gasteiger partial charge in [0.25, 0.3) is 0 Å². The predicted molar refractivity (Wildman–Crippen MR) is 86.0 cm³/mol. The van der Waals surface area contributed by atoms with Crippen molar-refractivity contribution in [3.05, 3.63) is 0 Å². The van der Waals surface area contributed by atoms with E-state index >= 15 is 0 Å². The number of Topliss-reactive ketones (excluding diaryl/α,β-unsaturated/α-hetero) is 1. The summed E-state index contributed by atoms with van der Waals surface area (Å²) in [5.41, 5.74) is 0.710. The topological polar surface area (TPSA) is 29.4 Å². The van der Waals surface area contributed by atoms with Gasteiger partial charge in [0, 0.05) is 0 Å². The van der Waals surface area contributed by atoms with E-state index in [9.17, 15) is 4.79 Å². The molecule has 1 unspecified atom stereocenters. The van der Waals surface area contributed by atoms with Crippen molar-refractivity contribution in [2.45, 2.75) is 89.7 Å². The maximum absolute atomic E-state index is 11.6. The van der Waals surface area contributed by atoms with Gasteiger partial charge in [0.2, 0.25) is 0 Å². The van der Waals surface area contributed by atoms with Crippen molar-refractivity contribution in [2.75, 3.05) is 0 Å². The molecule has 1 aliphatic rings. The van der Waals surface area contributed by atoms with Gasteiger partial charge in [-0.15, -0.1) is 0 Å². The third kappa shape index (κ3) is 7.14. The van der Waals surface area contributed by atoms with Crippen molar-refractivity contribution in [1.29, 1.82) is 0 Å². The number of rotatable bonds is 11. The largest absolute Gasteiger partial charge is 0.291 e. The van der Waals surface area contributed by atoms with Gasteiger partial charge in [0.1, 0.15) is 0 Å². The lowest BCUT2D eigenvalue weighted by molar-refractivity contribution is -0.112. The first-order chi connectivity index (χ1) is 9.25. The fraction of sp³-hybridized carbons (Fsp3) is 0.875. The van der Waals surface area contributed by atoms with Crippen LogP contribution in [0.3, 0.4) is 0 Å². The van der Waals surface area contributed by atoms with Crippen LogP contribution < -0.4 is 0 Å². The quantitative estimate of drug-likeness (QED) is 0.377. The van der Waals surface area contributed by atoms with Gasteiger partial charge in [-0.1, -0.05) is 71.1 Å². The fourth-order valence-corrected chi connectivity index (χ4v) is 3.38. The Hall–Kier alpha value is -0.310. The summed E-state index contributed by atoms with van der Waals surface area (Å²) >= 11 is 1.48. The first kappa shape index (κ1) is 16.7. The summed E-state index contributed by atoms with van der Waals surface area (Å²) in [7, 11) is 0. The second-order valence-corrected chi connectivity index (χ2v) is 6.57. The van der Waals surface area contributed by atoms with Gasteiger partial charge in [0.05, 0.1) is 11.0 Å². The SMILES string of the molecule is CCCCCCCCCCCCC1SN=C(C)C1=O. The molecule has 0 bridgehead atoms. The standard InChI is InChI=1S/C16H29NOS/c1-3-4-5-6-7-8-9-10-11-12-13-15-16(18)14(2)17-19-15/h15H,3-13H2,1-2H3. The van der Waals surface area contributed by atoms with Crippen LogP contribution >= 0.6 is 11.9 Å². The van der Waals surface area contributed by atoms with Gasteiger partial charge in [-0.25, -0.2) is 4.40 Å². The van der Waals surface area contributed by atoms with Crippen LogP contribution in [0.4, 0.5) is 0 Å². The summed E-state index contributed by atoms with van der Waals surface area (Å²) in [5, 5.41) is 0.133. The molecule has 0 saturated heterocycles. The summed E-state index contributed by atoms with van der Waals surface area (Å²) in [6, 6.07) is 0. The van der Waals surface area contributed by atoms with E-state index in [1.807, 2.05) is 6.92 Å². The number of carbonyl (C=O) groups is 1. The minimum atomic E-state index is 0.133. The number of unbranched alkanes of at least 4 members (excludes halogenated alkanes) is 9. The lowest BCUT2D eigenvalue weighted by atomic mass is 10.0. The highest BCUT2D eigenvalue weighted by Gasteiger charge is 2.26. The second kappa shape index (κ2) is 10.5. The molecule has 19 heavy (non-hydrogen) atoms. The molecule has 3 heteroatoms. The zero-order valence-corrected chi connectivity index (χ0v) is 13.4. The molecule has 0 fully saturated rings. The molecule has 1 heterocycles. The summed E-state index contributed by atoms with van der Waals surface area (Å²) in [6.07, 6.45) is 14.5. The van der Waals surface area contributed by atoms with Crippen LogP contribution in [0.2, 0.25) is 0 Å². The molecule has 0 aromatic carbocycles. The van der Waals surface area contributed by atoms with E-state index in [4.69, 9.17) is 0 Å². The zero-order valence-electron chi connectivity index (χ0n) is 12.6. The minimum Gasteiger partial charge on any atom is -0.291 e. The Morgan fingerprint density at radius 1 is 0.947 bits per heavy atom. The van der Waals surface area contributed by atoms with E-state index < -0.39 is 0 Å². The average Bonchev–Trinajstić information content (AvgIpc) is 2.73. The summed E-state index contributed by atoms with van der Waals surface area (Å²) in [5.74, 6) is 0.265. The Labute approximate surface area is 123 Å². The van der Waals surface area contributed by atoms with Gasteiger partial charge < -0.3 is 0 Å². The van der Waals surface area contributed by atoms with Gasteiger partial charge in [-0.3, -0.25) is 4.79 Å². The maximum atomic E-state index is 11.6. The molecule has 0 aromatic heterocycles. The van der Waals surface area contributed by atoms with Crippen molar-refractivity contribution in [2.24, 2.45) is 4.40 Å². The molecule has 110 valence electrons. The lowest BCUT2D eigenvalue weighted by Gasteiger charge is -2.06. The van der Waals surface area contributed by atoms with E-state index in [0.717, 1.165) is 6.42 Å². The third-order valence-electron chi connectivity index (χ3n) is 3.79. The Bertz CT molecular complexity index is 288. The smallest absolute Gasteiger partial charge is 0.192 e. The van der Waals surface area contributed by atoms with Gasteiger partial charge in [0.15, 0.2) is 5.78 Å². The Balaban J connectivity index is 1.83. The molecule has 1 aliphatic heterocycles. The van der Waals surface area contributed by atoms with Crippen LogP contribution in [0.5, 0.6) is 0 Å². The number of nitrogens with zero attached hydrogens (tertiary/aromatic N) is 1. The molecule has 1 atom stereocenters. The average molecular weight is 283 g/mol. The van der Waals surface area contributed by atoms with Crippen LogP contribution in [-0.2, 0) is 4.79 Å². The summed E-state index contributed by atoms with van der Waals surface area (Å²) < 4.78 is 4.15. The molecule has 0 radical (unpaired) electrons. The van der Waals surface area contributed by atoms with Crippen molar-refractivity contribution in [3.8, 4) is 0 Å².